The lowest BCUT2D eigenvalue weighted by molar-refractivity contribution is 1.10. The molecule has 216 valence electrons. The van der Waals surface area contributed by atoms with Crippen LogP contribution in [0.2, 0.25) is 0 Å². The minimum Gasteiger partial charge on any atom is -0.296 e. The molecule has 0 fully saturated rings. The van der Waals surface area contributed by atoms with Gasteiger partial charge in [0.1, 0.15) is 11.5 Å². The topological polar surface area (TPSA) is 48.0 Å². The highest BCUT2D eigenvalue weighted by Gasteiger charge is 2.18. The van der Waals surface area contributed by atoms with E-state index in [1.165, 1.54) is 5.39 Å². The fourth-order valence-corrected chi connectivity index (χ4v) is 6.41. The molecule has 0 aliphatic rings. The van der Waals surface area contributed by atoms with Gasteiger partial charge in [-0.15, -0.1) is 0 Å². The lowest BCUT2D eigenvalue weighted by Gasteiger charge is -2.13. The Morgan fingerprint density at radius 1 is 0.522 bits per heavy atom. The van der Waals surface area contributed by atoms with Gasteiger partial charge in [0.15, 0.2) is 5.65 Å². The monoisotopic (exact) mass is 589 g/mol. The Kier molecular flexibility index (Phi) is 6.06. The Morgan fingerprint density at radius 3 is 2.07 bits per heavy atom. The molecule has 3 heterocycles. The summed E-state index contributed by atoms with van der Waals surface area (Å²) in [6, 6.07) is 52.5. The third-order valence-corrected chi connectivity index (χ3v) is 8.62. The van der Waals surface area contributed by atoms with Gasteiger partial charge in [-0.2, -0.15) is 0 Å². The molecule has 0 bridgehead atoms. The Labute approximate surface area is 265 Å². The third kappa shape index (κ3) is 4.29. The molecule has 6 aromatic carbocycles. The van der Waals surface area contributed by atoms with Crippen molar-refractivity contribution in [3.8, 4) is 50.8 Å². The first-order valence-electron chi connectivity index (χ1n) is 15.4. The second-order valence-corrected chi connectivity index (χ2v) is 11.4. The summed E-state index contributed by atoms with van der Waals surface area (Å²) in [5.74, 6) is 0.903. The van der Waals surface area contributed by atoms with E-state index in [0.717, 1.165) is 72.9 Å². The first-order chi connectivity index (χ1) is 22.8. The van der Waals surface area contributed by atoms with Crippen molar-refractivity contribution in [2.75, 3.05) is 0 Å². The van der Waals surface area contributed by atoms with Crippen LogP contribution in [0.15, 0.2) is 164 Å². The molecule has 0 radical (unpaired) electrons. The van der Waals surface area contributed by atoms with E-state index in [4.69, 9.17) is 15.0 Å². The van der Waals surface area contributed by atoms with Crippen LogP contribution in [0, 0.1) is 0 Å². The average molecular weight is 590 g/mol. The number of rotatable bonds is 5. The molecule has 0 N–H and O–H groups in total. The highest BCUT2D eigenvalue weighted by Crippen LogP contribution is 2.35. The van der Waals surface area contributed by atoms with E-state index >= 15 is 0 Å². The van der Waals surface area contributed by atoms with E-state index in [1.807, 2.05) is 24.4 Å². The van der Waals surface area contributed by atoms with Crippen molar-refractivity contribution in [2.45, 2.75) is 0 Å². The lowest BCUT2D eigenvalue weighted by atomic mass is 10.0. The zero-order valence-electron chi connectivity index (χ0n) is 24.8. The van der Waals surface area contributed by atoms with Gasteiger partial charge >= 0.3 is 0 Å². The van der Waals surface area contributed by atoms with Crippen molar-refractivity contribution in [3.63, 3.8) is 0 Å². The Bertz CT molecular complexity index is 2500. The van der Waals surface area contributed by atoms with Crippen LogP contribution in [0.25, 0.3) is 78.3 Å². The maximum atomic E-state index is 5.30. The predicted molar refractivity (Wildman–Crippen MR) is 187 cm³/mol. The molecule has 0 aliphatic carbocycles. The maximum absolute atomic E-state index is 5.30. The summed E-state index contributed by atoms with van der Waals surface area (Å²) in [5.41, 5.74) is 10.9. The molecule has 0 unspecified atom stereocenters. The number of para-hydroxylation sites is 3. The normalized spacial score (nSPS) is 11.5. The molecule has 9 aromatic rings. The van der Waals surface area contributed by atoms with E-state index in [-0.39, 0.29) is 0 Å². The van der Waals surface area contributed by atoms with Crippen molar-refractivity contribution in [3.05, 3.63) is 164 Å². The van der Waals surface area contributed by atoms with Crippen molar-refractivity contribution >= 4 is 27.5 Å². The lowest BCUT2D eigenvalue weighted by Crippen LogP contribution is -1.99. The van der Waals surface area contributed by atoms with Crippen LogP contribution in [0.1, 0.15) is 0 Å². The molecule has 0 saturated heterocycles. The first kappa shape index (κ1) is 26.1. The second kappa shape index (κ2) is 10.7. The summed E-state index contributed by atoms with van der Waals surface area (Å²) in [6.45, 7) is 0. The summed E-state index contributed by atoms with van der Waals surface area (Å²) in [6.07, 6.45) is 4.05. The number of benzene rings is 6. The van der Waals surface area contributed by atoms with Crippen molar-refractivity contribution in [1.82, 2.24) is 23.9 Å². The molecule has 5 heteroatoms. The van der Waals surface area contributed by atoms with E-state index in [0.29, 0.717) is 0 Å². The molecule has 0 saturated carbocycles. The molecule has 0 amide bonds. The van der Waals surface area contributed by atoms with E-state index in [9.17, 15) is 0 Å². The van der Waals surface area contributed by atoms with Crippen molar-refractivity contribution < 1.29 is 0 Å². The number of imidazole rings is 2. The predicted octanol–water partition coefficient (Wildman–Crippen LogP) is 9.89. The molecule has 3 aromatic heterocycles. The zero-order chi connectivity index (χ0) is 30.5. The van der Waals surface area contributed by atoms with Crippen LogP contribution in [0.5, 0.6) is 0 Å². The Hall–Kier alpha value is -6.33. The first-order valence-corrected chi connectivity index (χ1v) is 15.4. The number of hydrogen-bond donors (Lipinski definition) is 0. The van der Waals surface area contributed by atoms with Gasteiger partial charge < -0.3 is 0 Å². The van der Waals surface area contributed by atoms with Crippen molar-refractivity contribution in [1.29, 1.82) is 0 Å². The summed E-state index contributed by atoms with van der Waals surface area (Å²) in [5, 5.41) is 2.32. The van der Waals surface area contributed by atoms with Gasteiger partial charge in [0, 0.05) is 34.1 Å². The molecule has 9 rings (SSSR count). The summed E-state index contributed by atoms with van der Waals surface area (Å²) >= 11 is 0. The third-order valence-electron chi connectivity index (χ3n) is 8.62. The van der Waals surface area contributed by atoms with Crippen molar-refractivity contribution in [2.24, 2.45) is 0 Å². The van der Waals surface area contributed by atoms with Gasteiger partial charge in [0.2, 0.25) is 0 Å². The number of fused-ring (bicyclic) bond motifs is 3. The summed E-state index contributed by atoms with van der Waals surface area (Å²) < 4.78 is 4.41. The molecule has 0 aliphatic heterocycles. The molecule has 5 nitrogen and oxygen atoms in total. The molecule has 46 heavy (non-hydrogen) atoms. The summed E-state index contributed by atoms with van der Waals surface area (Å²) in [7, 11) is 0. The smallest absolute Gasteiger partial charge is 0.164 e. The van der Waals surface area contributed by atoms with Gasteiger partial charge in [-0.25, -0.2) is 15.0 Å². The SMILES string of the molecule is c1ccc(-c2cnc3c(-c4cccc5ccccc45)nc(-c4ccc(-c5nc6ccccc6n5-c5ccccc5)cc4)cn23)cc1. The summed E-state index contributed by atoms with van der Waals surface area (Å²) in [4.78, 5) is 15.3. The number of hydrogen-bond acceptors (Lipinski definition) is 3. The van der Waals surface area contributed by atoms with Gasteiger partial charge in [0.25, 0.3) is 0 Å². The minimum atomic E-state index is 0.826. The van der Waals surface area contributed by atoms with Gasteiger partial charge in [-0.3, -0.25) is 8.97 Å². The molecular formula is C41H27N5. The standard InChI is InChI=1S/C41H27N5/c1-3-13-30(14-4-1)38-26-42-41-39(34-19-11-15-28-12-7-8-18-33(28)34)43-36(27-45(38)41)29-22-24-31(25-23-29)40-44-35-20-9-10-21-37(35)46(40)32-16-5-2-6-17-32/h1-27H. The van der Waals surface area contributed by atoms with E-state index in [1.54, 1.807) is 0 Å². The van der Waals surface area contributed by atoms with Crippen LogP contribution >= 0.6 is 0 Å². The average Bonchev–Trinajstić information content (AvgIpc) is 3.74. The van der Waals surface area contributed by atoms with Gasteiger partial charge in [-0.1, -0.05) is 127 Å². The number of aromatic nitrogens is 5. The molecule has 0 spiro atoms. The molecule has 0 atom stereocenters. The van der Waals surface area contributed by atoms with Crippen LogP contribution in [-0.4, -0.2) is 23.9 Å². The van der Waals surface area contributed by atoms with Crippen LogP contribution in [-0.2, 0) is 0 Å². The molecular weight excluding hydrogens is 562 g/mol. The van der Waals surface area contributed by atoms with Gasteiger partial charge in [-0.05, 0) is 35.0 Å². The Balaban J connectivity index is 1.23. The highest BCUT2D eigenvalue weighted by atomic mass is 15.1. The van der Waals surface area contributed by atoms with Crippen LogP contribution in [0.3, 0.4) is 0 Å². The maximum Gasteiger partial charge on any atom is 0.164 e. The largest absolute Gasteiger partial charge is 0.296 e. The van der Waals surface area contributed by atoms with Gasteiger partial charge in [0.05, 0.1) is 28.6 Å². The fraction of sp³-hybridized carbons (Fsp3) is 0. The quantitative estimate of drug-likeness (QED) is 0.201. The van der Waals surface area contributed by atoms with E-state index < -0.39 is 0 Å². The Morgan fingerprint density at radius 2 is 1.22 bits per heavy atom. The van der Waals surface area contributed by atoms with Crippen LogP contribution < -0.4 is 0 Å². The van der Waals surface area contributed by atoms with Crippen LogP contribution in [0.4, 0.5) is 0 Å². The zero-order valence-corrected chi connectivity index (χ0v) is 24.8. The second-order valence-electron chi connectivity index (χ2n) is 11.4. The number of nitrogens with zero attached hydrogens (tertiary/aromatic N) is 5. The fourth-order valence-electron chi connectivity index (χ4n) is 6.41. The minimum absolute atomic E-state index is 0.826. The highest BCUT2D eigenvalue weighted by molar-refractivity contribution is 5.99. The van der Waals surface area contributed by atoms with E-state index in [2.05, 4.69) is 149 Å².